The predicted molar refractivity (Wildman–Crippen MR) is 47.9 cm³/mol. The molecule has 2 saturated carbocycles. The van der Waals surface area contributed by atoms with Crippen LogP contribution in [-0.4, -0.2) is 29.2 Å². The molecule has 0 atom stereocenters. The molecule has 0 aromatic rings. The molecule has 4 N–H and O–H groups in total. The maximum absolute atomic E-state index is 11.4. The van der Waals surface area contributed by atoms with Crippen LogP contribution in [0, 0.1) is 5.92 Å². The Balaban J connectivity index is 1.65. The van der Waals surface area contributed by atoms with E-state index in [-0.39, 0.29) is 12.0 Å². The van der Waals surface area contributed by atoms with Gasteiger partial charge in [0.15, 0.2) is 0 Å². The van der Waals surface area contributed by atoms with Crippen molar-refractivity contribution < 1.29 is 9.90 Å². The van der Waals surface area contributed by atoms with E-state index in [9.17, 15) is 4.79 Å². The standard InChI is InChI=1S/C9H16N2O2/c10-9(1-2-9)8(13)11-5-6-3-7(12)4-6/h6-7,12H,1-5,10H2,(H,11,13). The second-order valence-corrected chi connectivity index (χ2v) is 4.36. The van der Waals surface area contributed by atoms with Gasteiger partial charge in [-0.2, -0.15) is 0 Å². The fourth-order valence-corrected chi connectivity index (χ4v) is 1.64. The van der Waals surface area contributed by atoms with Gasteiger partial charge in [-0.15, -0.1) is 0 Å². The lowest BCUT2D eigenvalue weighted by Gasteiger charge is -2.31. The molecular formula is C9H16N2O2. The Morgan fingerprint density at radius 3 is 2.62 bits per heavy atom. The summed E-state index contributed by atoms with van der Waals surface area (Å²) in [6.07, 6.45) is 3.11. The highest BCUT2D eigenvalue weighted by Gasteiger charge is 2.46. The summed E-state index contributed by atoms with van der Waals surface area (Å²) in [5.41, 5.74) is 5.15. The lowest BCUT2D eigenvalue weighted by molar-refractivity contribution is -0.123. The number of carbonyl (C=O) groups is 1. The molecule has 0 aliphatic heterocycles. The van der Waals surface area contributed by atoms with Gasteiger partial charge in [-0.3, -0.25) is 4.79 Å². The van der Waals surface area contributed by atoms with Gasteiger partial charge in [0.2, 0.25) is 5.91 Å². The minimum atomic E-state index is -0.553. The molecule has 1 amide bonds. The smallest absolute Gasteiger partial charge is 0.240 e. The predicted octanol–water partition coefficient (Wildman–Crippen LogP) is -0.635. The van der Waals surface area contributed by atoms with Gasteiger partial charge < -0.3 is 16.2 Å². The Bertz CT molecular complexity index is 220. The number of amides is 1. The summed E-state index contributed by atoms with van der Waals surface area (Å²) in [6, 6.07) is 0. The fraction of sp³-hybridized carbons (Fsp3) is 0.889. The molecule has 2 aliphatic carbocycles. The van der Waals surface area contributed by atoms with E-state index in [0.29, 0.717) is 12.5 Å². The number of aliphatic hydroxyl groups excluding tert-OH is 1. The zero-order valence-electron chi connectivity index (χ0n) is 7.62. The maximum atomic E-state index is 11.4. The van der Waals surface area contributed by atoms with Gasteiger partial charge in [0.25, 0.3) is 0 Å². The van der Waals surface area contributed by atoms with Crippen LogP contribution in [0.15, 0.2) is 0 Å². The average Bonchev–Trinajstić information content (AvgIpc) is 2.76. The summed E-state index contributed by atoms with van der Waals surface area (Å²) in [4.78, 5) is 11.4. The molecule has 4 heteroatoms. The number of hydrogen-bond acceptors (Lipinski definition) is 3. The van der Waals surface area contributed by atoms with Crippen LogP contribution < -0.4 is 11.1 Å². The van der Waals surface area contributed by atoms with Crippen molar-refractivity contribution in [3.63, 3.8) is 0 Å². The molecule has 0 saturated heterocycles. The summed E-state index contributed by atoms with van der Waals surface area (Å²) < 4.78 is 0. The van der Waals surface area contributed by atoms with Gasteiger partial charge >= 0.3 is 0 Å². The van der Waals surface area contributed by atoms with Crippen LogP contribution in [0.2, 0.25) is 0 Å². The van der Waals surface area contributed by atoms with Gasteiger partial charge in [-0.25, -0.2) is 0 Å². The minimum Gasteiger partial charge on any atom is -0.393 e. The maximum Gasteiger partial charge on any atom is 0.240 e. The van der Waals surface area contributed by atoms with E-state index in [0.717, 1.165) is 25.7 Å². The molecular weight excluding hydrogens is 168 g/mol. The summed E-state index contributed by atoms with van der Waals surface area (Å²) in [7, 11) is 0. The van der Waals surface area contributed by atoms with Gasteiger partial charge in [0.1, 0.15) is 0 Å². The number of nitrogens with one attached hydrogen (secondary N) is 1. The number of rotatable bonds is 3. The molecule has 0 bridgehead atoms. The van der Waals surface area contributed by atoms with Gasteiger partial charge in [-0.1, -0.05) is 0 Å². The second kappa shape index (κ2) is 2.96. The number of nitrogens with two attached hydrogens (primary N) is 1. The first-order valence-corrected chi connectivity index (χ1v) is 4.85. The van der Waals surface area contributed by atoms with Crippen LogP contribution in [-0.2, 0) is 4.79 Å². The third-order valence-corrected chi connectivity index (χ3v) is 3.00. The van der Waals surface area contributed by atoms with Crippen molar-refractivity contribution in [2.75, 3.05) is 6.54 Å². The van der Waals surface area contributed by atoms with E-state index < -0.39 is 5.54 Å². The highest BCUT2D eigenvalue weighted by atomic mass is 16.3. The van der Waals surface area contributed by atoms with Crippen molar-refractivity contribution in [3.05, 3.63) is 0 Å². The summed E-state index contributed by atoms with van der Waals surface area (Å²) in [5, 5.41) is 11.9. The lowest BCUT2D eigenvalue weighted by Crippen LogP contribution is -2.46. The first-order valence-electron chi connectivity index (χ1n) is 4.85. The fourth-order valence-electron chi connectivity index (χ4n) is 1.64. The average molecular weight is 184 g/mol. The molecule has 0 spiro atoms. The Morgan fingerprint density at radius 1 is 1.54 bits per heavy atom. The molecule has 0 aromatic heterocycles. The largest absolute Gasteiger partial charge is 0.393 e. The van der Waals surface area contributed by atoms with E-state index in [4.69, 9.17) is 10.8 Å². The van der Waals surface area contributed by atoms with Crippen LogP contribution in [0.3, 0.4) is 0 Å². The molecule has 0 aromatic carbocycles. The first kappa shape index (κ1) is 8.97. The van der Waals surface area contributed by atoms with Crippen molar-refractivity contribution >= 4 is 5.91 Å². The van der Waals surface area contributed by atoms with Crippen LogP contribution in [0.1, 0.15) is 25.7 Å². The van der Waals surface area contributed by atoms with Gasteiger partial charge in [0.05, 0.1) is 11.6 Å². The molecule has 0 unspecified atom stereocenters. The summed E-state index contributed by atoms with van der Waals surface area (Å²) >= 11 is 0. The molecule has 2 rings (SSSR count). The van der Waals surface area contributed by atoms with E-state index in [1.165, 1.54) is 0 Å². The van der Waals surface area contributed by atoms with Crippen LogP contribution >= 0.6 is 0 Å². The Kier molecular flexibility index (Phi) is 2.04. The minimum absolute atomic E-state index is 0.0195. The Labute approximate surface area is 77.5 Å². The molecule has 13 heavy (non-hydrogen) atoms. The van der Waals surface area contributed by atoms with Crippen molar-refractivity contribution in [3.8, 4) is 0 Å². The number of hydrogen-bond donors (Lipinski definition) is 3. The van der Waals surface area contributed by atoms with Gasteiger partial charge in [0, 0.05) is 6.54 Å². The lowest BCUT2D eigenvalue weighted by atomic mass is 9.82. The van der Waals surface area contributed by atoms with Crippen LogP contribution in [0.5, 0.6) is 0 Å². The molecule has 2 fully saturated rings. The first-order chi connectivity index (χ1) is 6.10. The molecule has 74 valence electrons. The summed E-state index contributed by atoms with van der Waals surface area (Å²) in [6.45, 7) is 0.675. The SMILES string of the molecule is NC1(C(=O)NCC2CC(O)C2)CC1. The highest BCUT2D eigenvalue weighted by Crippen LogP contribution is 2.32. The second-order valence-electron chi connectivity index (χ2n) is 4.36. The quantitative estimate of drug-likeness (QED) is 0.546. The van der Waals surface area contributed by atoms with Crippen molar-refractivity contribution in [2.45, 2.75) is 37.3 Å². The normalized spacial score (nSPS) is 34.9. The van der Waals surface area contributed by atoms with E-state index in [1.54, 1.807) is 0 Å². The summed E-state index contributed by atoms with van der Waals surface area (Å²) in [5.74, 6) is 0.440. The molecule has 0 radical (unpaired) electrons. The zero-order valence-corrected chi connectivity index (χ0v) is 7.62. The van der Waals surface area contributed by atoms with Crippen molar-refractivity contribution in [1.82, 2.24) is 5.32 Å². The zero-order chi connectivity index (χ0) is 9.47. The number of carbonyl (C=O) groups excluding carboxylic acids is 1. The Hall–Kier alpha value is -0.610. The van der Waals surface area contributed by atoms with E-state index in [1.807, 2.05) is 0 Å². The third-order valence-electron chi connectivity index (χ3n) is 3.00. The number of aliphatic hydroxyl groups is 1. The Morgan fingerprint density at radius 2 is 2.15 bits per heavy atom. The highest BCUT2D eigenvalue weighted by molar-refractivity contribution is 5.88. The topological polar surface area (TPSA) is 75.4 Å². The van der Waals surface area contributed by atoms with Crippen molar-refractivity contribution in [2.24, 2.45) is 11.7 Å². The monoisotopic (exact) mass is 184 g/mol. The molecule has 2 aliphatic rings. The van der Waals surface area contributed by atoms with Gasteiger partial charge in [-0.05, 0) is 31.6 Å². The third kappa shape index (κ3) is 1.84. The molecule has 0 heterocycles. The van der Waals surface area contributed by atoms with E-state index >= 15 is 0 Å². The molecule has 4 nitrogen and oxygen atoms in total. The van der Waals surface area contributed by atoms with Crippen molar-refractivity contribution in [1.29, 1.82) is 0 Å². The van der Waals surface area contributed by atoms with Crippen LogP contribution in [0.4, 0.5) is 0 Å². The van der Waals surface area contributed by atoms with E-state index in [2.05, 4.69) is 5.32 Å². The van der Waals surface area contributed by atoms with Crippen LogP contribution in [0.25, 0.3) is 0 Å².